The summed E-state index contributed by atoms with van der Waals surface area (Å²) in [4.78, 5) is 26.1. The van der Waals surface area contributed by atoms with E-state index in [1.54, 1.807) is 29.2 Å². The van der Waals surface area contributed by atoms with Gasteiger partial charge in [0.25, 0.3) is 0 Å². The van der Waals surface area contributed by atoms with Crippen molar-refractivity contribution in [2.24, 2.45) is 5.92 Å². The Hall–Kier alpha value is -3.09. The highest BCUT2D eigenvalue weighted by molar-refractivity contribution is 7.90. The second kappa shape index (κ2) is 10.4. The first kappa shape index (κ1) is 28.4. The second-order valence-electron chi connectivity index (χ2n) is 9.77. The van der Waals surface area contributed by atoms with Crippen molar-refractivity contribution in [3.05, 3.63) is 75.0 Å². The van der Waals surface area contributed by atoms with E-state index in [1.165, 1.54) is 12.1 Å². The minimum atomic E-state index is -5.68. The molecular weight excluding hydrogens is 594 g/mol. The van der Waals surface area contributed by atoms with Crippen LogP contribution in [-0.4, -0.2) is 51.5 Å². The van der Waals surface area contributed by atoms with Crippen molar-refractivity contribution in [1.29, 1.82) is 0 Å². The molecule has 2 heterocycles. The topological polar surface area (TPSA) is 110 Å². The molecule has 1 saturated heterocycles. The van der Waals surface area contributed by atoms with Crippen molar-refractivity contribution in [2.45, 2.75) is 43.7 Å². The van der Waals surface area contributed by atoms with Crippen LogP contribution in [0.5, 0.6) is 0 Å². The number of amides is 1. The fourth-order valence-electron chi connectivity index (χ4n) is 5.41. The van der Waals surface area contributed by atoms with Crippen molar-refractivity contribution in [3.63, 3.8) is 0 Å². The van der Waals surface area contributed by atoms with Crippen molar-refractivity contribution < 1.29 is 36.3 Å². The van der Waals surface area contributed by atoms with Gasteiger partial charge in [0.15, 0.2) is 0 Å². The number of hydrogen-bond acceptors (Lipinski definition) is 5. The lowest BCUT2D eigenvalue weighted by Gasteiger charge is -2.31. The van der Waals surface area contributed by atoms with E-state index in [2.05, 4.69) is 5.10 Å². The average molecular weight is 616 g/mol. The van der Waals surface area contributed by atoms with Crippen LogP contribution < -0.4 is 0 Å². The van der Waals surface area contributed by atoms with E-state index in [-0.39, 0.29) is 34.1 Å². The first-order valence-corrected chi connectivity index (χ1v) is 14.5. The van der Waals surface area contributed by atoms with Gasteiger partial charge in [0.2, 0.25) is 5.91 Å². The number of carbonyl (C=O) groups is 2. The molecule has 1 N–H and O–H groups in total. The van der Waals surface area contributed by atoms with Gasteiger partial charge in [-0.05, 0) is 73.1 Å². The fourth-order valence-corrected chi connectivity index (χ4v) is 6.91. The van der Waals surface area contributed by atoms with Crippen LogP contribution in [0.4, 0.5) is 13.2 Å². The van der Waals surface area contributed by atoms with E-state index in [0.29, 0.717) is 58.1 Å². The lowest BCUT2D eigenvalue weighted by Crippen LogP contribution is -2.36. The predicted octanol–water partition coefficient (Wildman–Crippen LogP) is 5.72. The highest BCUT2D eigenvalue weighted by Crippen LogP contribution is 2.41. The SMILES string of the molecule is O=C(O)c1ccc(-c2cc(Cl)c(CC3CCN(C4CCCc5c4cnn5S(=O)(=O)C(F)(F)F)C3=O)c(Cl)c2)cc1. The number of carboxylic acid groups (broad SMARTS) is 1. The molecule has 0 radical (unpaired) electrons. The maximum Gasteiger partial charge on any atom is 0.518 e. The first-order valence-electron chi connectivity index (χ1n) is 12.3. The second-order valence-corrected chi connectivity index (χ2v) is 12.3. The Kier molecular flexibility index (Phi) is 7.38. The number of carbonyl (C=O) groups excluding carboxylic acids is 1. The van der Waals surface area contributed by atoms with Gasteiger partial charge in [-0.2, -0.15) is 30.8 Å². The normalized spacial score (nSPS) is 19.6. The molecule has 14 heteroatoms. The highest BCUT2D eigenvalue weighted by Gasteiger charge is 2.50. The summed E-state index contributed by atoms with van der Waals surface area (Å²) >= 11 is 13.1. The van der Waals surface area contributed by atoms with Gasteiger partial charge in [-0.15, -0.1) is 0 Å². The van der Waals surface area contributed by atoms with Crippen LogP contribution in [0.3, 0.4) is 0 Å². The molecule has 2 unspecified atom stereocenters. The number of hydrogen-bond donors (Lipinski definition) is 1. The van der Waals surface area contributed by atoms with Crippen LogP contribution in [0.15, 0.2) is 42.6 Å². The van der Waals surface area contributed by atoms with Gasteiger partial charge in [-0.3, -0.25) is 4.79 Å². The van der Waals surface area contributed by atoms with Gasteiger partial charge in [0.1, 0.15) is 0 Å². The number of nitrogens with zero attached hydrogens (tertiary/aromatic N) is 3. The lowest BCUT2D eigenvalue weighted by molar-refractivity contribution is -0.133. The van der Waals surface area contributed by atoms with E-state index >= 15 is 0 Å². The van der Waals surface area contributed by atoms with Gasteiger partial charge in [0, 0.05) is 28.1 Å². The predicted molar refractivity (Wildman–Crippen MR) is 141 cm³/mol. The molecule has 0 saturated carbocycles. The molecule has 1 aliphatic carbocycles. The Morgan fingerprint density at radius 1 is 1.07 bits per heavy atom. The van der Waals surface area contributed by atoms with Crippen LogP contribution in [0.1, 0.15) is 52.5 Å². The summed E-state index contributed by atoms with van der Waals surface area (Å²) in [6.07, 6.45) is 2.79. The maximum atomic E-state index is 13.4. The zero-order chi connectivity index (χ0) is 29.0. The Labute approximate surface area is 237 Å². The molecule has 212 valence electrons. The van der Waals surface area contributed by atoms with Crippen LogP contribution in [-0.2, 0) is 27.7 Å². The number of carboxylic acids is 1. The molecule has 3 aromatic rings. The highest BCUT2D eigenvalue weighted by atomic mass is 35.5. The Bertz CT molecular complexity index is 1580. The molecule has 1 amide bonds. The van der Waals surface area contributed by atoms with Crippen LogP contribution >= 0.6 is 23.2 Å². The van der Waals surface area contributed by atoms with Gasteiger partial charge in [-0.1, -0.05) is 35.3 Å². The molecule has 2 aromatic carbocycles. The molecule has 2 aliphatic rings. The van der Waals surface area contributed by atoms with Gasteiger partial charge in [0.05, 0.1) is 23.5 Å². The van der Waals surface area contributed by atoms with Crippen molar-refractivity contribution in [1.82, 2.24) is 14.1 Å². The summed E-state index contributed by atoms with van der Waals surface area (Å²) in [7, 11) is -5.68. The van der Waals surface area contributed by atoms with E-state index in [4.69, 9.17) is 28.3 Å². The number of alkyl halides is 3. The molecular formula is C26H22Cl2F3N3O5S. The lowest BCUT2D eigenvalue weighted by atomic mass is 9.91. The number of aromatic nitrogens is 2. The Morgan fingerprint density at radius 2 is 1.73 bits per heavy atom. The van der Waals surface area contributed by atoms with Gasteiger partial charge < -0.3 is 10.0 Å². The zero-order valence-electron chi connectivity index (χ0n) is 20.7. The number of rotatable bonds is 6. The molecule has 0 bridgehead atoms. The number of fused-ring (bicyclic) bond motifs is 1. The molecule has 1 fully saturated rings. The molecule has 0 spiro atoms. The Morgan fingerprint density at radius 3 is 2.33 bits per heavy atom. The van der Waals surface area contributed by atoms with E-state index in [1.807, 2.05) is 0 Å². The summed E-state index contributed by atoms with van der Waals surface area (Å²) in [5.41, 5.74) is -3.14. The fraction of sp³-hybridized carbons (Fsp3) is 0.346. The van der Waals surface area contributed by atoms with Crippen LogP contribution in [0.25, 0.3) is 11.1 Å². The van der Waals surface area contributed by atoms with Crippen molar-refractivity contribution in [2.75, 3.05) is 6.54 Å². The number of halogens is 5. The minimum absolute atomic E-state index is 0.0445. The molecule has 5 rings (SSSR count). The largest absolute Gasteiger partial charge is 0.518 e. The summed E-state index contributed by atoms with van der Waals surface area (Å²) in [5, 5.41) is 13.3. The number of likely N-dealkylation sites (tertiary alicyclic amines) is 1. The van der Waals surface area contributed by atoms with Crippen molar-refractivity contribution >= 4 is 45.1 Å². The minimum Gasteiger partial charge on any atom is -0.478 e. The maximum absolute atomic E-state index is 13.4. The van der Waals surface area contributed by atoms with Crippen LogP contribution in [0.2, 0.25) is 10.0 Å². The van der Waals surface area contributed by atoms with Crippen molar-refractivity contribution in [3.8, 4) is 11.1 Å². The van der Waals surface area contributed by atoms with Gasteiger partial charge in [-0.25, -0.2) is 4.79 Å². The van der Waals surface area contributed by atoms with E-state index in [9.17, 15) is 31.2 Å². The Balaban J connectivity index is 1.35. The molecule has 2 atom stereocenters. The monoisotopic (exact) mass is 615 g/mol. The van der Waals surface area contributed by atoms with E-state index < -0.39 is 33.5 Å². The standard InChI is InChI=1S/C26H22Cl2F3N3O5S/c27-20-11-17(14-4-6-15(7-5-14)25(36)37)12-21(28)18(20)10-16-8-9-33(24(16)35)22-2-1-3-23-19(22)13-32-34(23)40(38,39)26(29,30)31/h4-7,11-13,16,22H,1-3,8-10H2,(H,36,37). The summed E-state index contributed by atoms with van der Waals surface area (Å²) in [6, 6.07) is 9.03. The average Bonchev–Trinajstić information content (AvgIpc) is 3.49. The van der Waals surface area contributed by atoms with Crippen LogP contribution in [0, 0.1) is 5.92 Å². The molecule has 1 aliphatic heterocycles. The molecule has 1 aromatic heterocycles. The molecule has 40 heavy (non-hydrogen) atoms. The first-order chi connectivity index (χ1) is 18.8. The number of benzene rings is 2. The van der Waals surface area contributed by atoms with E-state index in [0.717, 1.165) is 6.20 Å². The zero-order valence-corrected chi connectivity index (χ0v) is 23.0. The third-order valence-corrected chi connectivity index (χ3v) is 9.45. The third-order valence-electron chi connectivity index (χ3n) is 7.42. The number of aromatic carboxylic acids is 1. The third kappa shape index (κ3) is 4.97. The summed E-state index contributed by atoms with van der Waals surface area (Å²) in [5.74, 6) is -1.74. The molecule has 8 nitrogen and oxygen atoms in total. The summed E-state index contributed by atoms with van der Waals surface area (Å²) in [6.45, 7) is 0.341. The quantitative estimate of drug-likeness (QED) is 0.380. The summed E-state index contributed by atoms with van der Waals surface area (Å²) < 4.78 is 63.5. The smallest absolute Gasteiger partial charge is 0.478 e. The van der Waals surface area contributed by atoms with Gasteiger partial charge >= 0.3 is 21.5 Å².